The van der Waals surface area contributed by atoms with Gasteiger partial charge in [0.25, 0.3) is 5.88 Å². The summed E-state index contributed by atoms with van der Waals surface area (Å²) in [5, 5.41) is 4.65. The van der Waals surface area contributed by atoms with Crippen LogP contribution in [0.25, 0.3) is 10.9 Å². The Labute approximate surface area is 181 Å². The smallest absolute Gasteiger partial charge is 0.257 e. The molecule has 0 bridgehead atoms. The number of pyridine rings is 1. The number of nitrogens with one attached hydrogen (secondary N) is 1. The van der Waals surface area contributed by atoms with E-state index < -0.39 is 0 Å². The number of nitrogens with zero attached hydrogens (tertiary/aromatic N) is 5. The van der Waals surface area contributed by atoms with Gasteiger partial charge in [-0.05, 0) is 18.2 Å². The van der Waals surface area contributed by atoms with Crippen LogP contribution in [-0.4, -0.2) is 64.1 Å². The summed E-state index contributed by atoms with van der Waals surface area (Å²) in [4.78, 5) is 29.2. The first-order valence-electron chi connectivity index (χ1n) is 10.8. The van der Waals surface area contributed by atoms with E-state index in [1.807, 2.05) is 29.2 Å². The number of ether oxygens (including phenoxy) is 1. The Kier molecular flexibility index (Phi) is 5.28. The first kappa shape index (κ1) is 19.5. The van der Waals surface area contributed by atoms with Crippen LogP contribution in [0.2, 0.25) is 0 Å². The molecule has 3 aromatic rings. The average molecular weight is 419 g/mol. The molecule has 3 heterocycles. The standard InChI is InChI=1S/C23H26N6O2/c1-16(30)28-10-12-29(13-11-28)22-23(25-9-8-24-22)31-19-14-18(15-19)26-21-7-6-17-4-2-3-5-20(17)27-21/h2-9,18-19H,10-15H2,1H3,(H,26,27)/t18-,19-. The maximum absolute atomic E-state index is 11.6. The number of anilines is 2. The van der Waals surface area contributed by atoms with Crippen molar-refractivity contribution >= 4 is 28.4 Å². The molecule has 2 aliphatic rings. The van der Waals surface area contributed by atoms with Crippen molar-refractivity contribution in [3.63, 3.8) is 0 Å². The molecule has 2 aromatic heterocycles. The number of para-hydroxylation sites is 1. The molecule has 2 fully saturated rings. The second-order valence-corrected chi connectivity index (χ2v) is 8.12. The highest BCUT2D eigenvalue weighted by molar-refractivity contribution is 5.80. The fourth-order valence-corrected chi connectivity index (χ4v) is 4.14. The zero-order valence-corrected chi connectivity index (χ0v) is 17.6. The lowest BCUT2D eigenvalue weighted by molar-refractivity contribution is -0.129. The minimum Gasteiger partial charge on any atom is -0.472 e. The summed E-state index contributed by atoms with van der Waals surface area (Å²) in [6, 6.07) is 12.6. The summed E-state index contributed by atoms with van der Waals surface area (Å²) < 4.78 is 6.19. The van der Waals surface area contributed by atoms with Crippen molar-refractivity contribution in [1.82, 2.24) is 19.9 Å². The van der Waals surface area contributed by atoms with Crippen LogP contribution in [0.5, 0.6) is 5.88 Å². The fraction of sp³-hybridized carbons (Fsp3) is 0.391. The lowest BCUT2D eigenvalue weighted by Crippen LogP contribution is -2.48. The molecule has 1 aliphatic carbocycles. The van der Waals surface area contributed by atoms with E-state index >= 15 is 0 Å². The highest BCUT2D eigenvalue weighted by Crippen LogP contribution is 2.32. The van der Waals surface area contributed by atoms with E-state index in [1.54, 1.807) is 19.3 Å². The summed E-state index contributed by atoms with van der Waals surface area (Å²) in [6.07, 6.45) is 5.24. The van der Waals surface area contributed by atoms with E-state index in [-0.39, 0.29) is 12.0 Å². The van der Waals surface area contributed by atoms with Crippen molar-refractivity contribution in [2.24, 2.45) is 0 Å². The van der Waals surface area contributed by atoms with Crippen LogP contribution >= 0.6 is 0 Å². The van der Waals surface area contributed by atoms with Gasteiger partial charge < -0.3 is 19.9 Å². The summed E-state index contributed by atoms with van der Waals surface area (Å²) in [6.45, 7) is 4.47. The number of carbonyl (C=O) groups excluding carboxylic acids is 1. The maximum atomic E-state index is 11.6. The largest absolute Gasteiger partial charge is 0.472 e. The van der Waals surface area contributed by atoms with E-state index in [0.717, 1.165) is 48.5 Å². The third kappa shape index (κ3) is 4.23. The number of fused-ring (bicyclic) bond motifs is 1. The first-order valence-corrected chi connectivity index (χ1v) is 10.8. The van der Waals surface area contributed by atoms with Crippen LogP contribution in [0.1, 0.15) is 19.8 Å². The normalized spacial score (nSPS) is 20.9. The Balaban J connectivity index is 1.17. The summed E-state index contributed by atoms with van der Waals surface area (Å²) >= 11 is 0. The molecule has 1 N–H and O–H groups in total. The Hall–Kier alpha value is -3.42. The quantitative estimate of drug-likeness (QED) is 0.682. The molecule has 0 unspecified atom stereocenters. The highest BCUT2D eigenvalue weighted by Gasteiger charge is 2.33. The Morgan fingerprint density at radius 1 is 1.03 bits per heavy atom. The molecule has 0 radical (unpaired) electrons. The number of hydrogen-bond donors (Lipinski definition) is 1. The SMILES string of the molecule is CC(=O)N1CCN(c2nccnc2O[C@H]2C[C@H](Nc3ccc4ccccc4n3)C2)CC1. The lowest BCUT2D eigenvalue weighted by atomic mass is 9.89. The van der Waals surface area contributed by atoms with Crippen LogP contribution in [0.4, 0.5) is 11.6 Å². The van der Waals surface area contributed by atoms with E-state index in [1.165, 1.54) is 0 Å². The van der Waals surface area contributed by atoms with Gasteiger partial charge in [0.05, 0.1) is 5.52 Å². The van der Waals surface area contributed by atoms with Gasteiger partial charge in [-0.15, -0.1) is 0 Å². The predicted molar refractivity (Wildman–Crippen MR) is 119 cm³/mol. The molecule has 1 aliphatic heterocycles. The minimum atomic E-state index is 0.104. The van der Waals surface area contributed by atoms with Crippen molar-refractivity contribution in [2.45, 2.75) is 31.9 Å². The van der Waals surface area contributed by atoms with Crippen molar-refractivity contribution in [3.8, 4) is 5.88 Å². The van der Waals surface area contributed by atoms with Crippen molar-refractivity contribution < 1.29 is 9.53 Å². The number of hydrogen-bond acceptors (Lipinski definition) is 7. The Bertz CT molecular complexity index is 1080. The van der Waals surface area contributed by atoms with Crippen LogP contribution < -0.4 is 15.0 Å². The van der Waals surface area contributed by atoms with Gasteiger partial charge in [-0.2, -0.15) is 0 Å². The summed E-state index contributed by atoms with van der Waals surface area (Å²) in [7, 11) is 0. The van der Waals surface area contributed by atoms with Crippen molar-refractivity contribution in [3.05, 3.63) is 48.8 Å². The molecule has 0 spiro atoms. The maximum Gasteiger partial charge on any atom is 0.257 e. The number of benzene rings is 1. The molecule has 1 amide bonds. The monoisotopic (exact) mass is 418 g/mol. The van der Waals surface area contributed by atoms with Crippen LogP contribution in [0, 0.1) is 0 Å². The van der Waals surface area contributed by atoms with Gasteiger partial charge in [-0.3, -0.25) is 4.79 Å². The van der Waals surface area contributed by atoms with E-state index in [9.17, 15) is 4.79 Å². The van der Waals surface area contributed by atoms with Crippen LogP contribution in [0.15, 0.2) is 48.8 Å². The van der Waals surface area contributed by atoms with Gasteiger partial charge in [0.1, 0.15) is 11.9 Å². The van der Waals surface area contributed by atoms with Gasteiger partial charge in [0.2, 0.25) is 5.91 Å². The Morgan fingerprint density at radius 2 is 1.81 bits per heavy atom. The second kappa shape index (κ2) is 8.37. The number of carbonyl (C=O) groups is 1. The first-order chi connectivity index (χ1) is 15.2. The van der Waals surface area contributed by atoms with Gasteiger partial charge in [-0.25, -0.2) is 15.0 Å². The van der Waals surface area contributed by atoms with Gasteiger partial charge in [0.15, 0.2) is 5.82 Å². The molecule has 8 heteroatoms. The summed E-state index contributed by atoms with van der Waals surface area (Å²) in [5.74, 6) is 2.35. The summed E-state index contributed by atoms with van der Waals surface area (Å²) in [5.41, 5.74) is 0.994. The molecule has 1 saturated heterocycles. The molecule has 160 valence electrons. The molecule has 1 saturated carbocycles. The van der Waals surface area contributed by atoms with Gasteiger partial charge in [-0.1, -0.05) is 18.2 Å². The molecule has 1 aromatic carbocycles. The molecular weight excluding hydrogens is 392 g/mol. The van der Waals surface area contributed by atoms with E-state index in [0.29, 0.717) is 25.0 Å². The topological polar surface area (TPSA) is 83.5 Å². The lowest BCUT2D eigenvalue weighted by Gasteiger charge is -2.38. The molecule has 8 nitrogen and oxygen atoms in total. The van der Waals surface area contributed by atoms with E-state index in [2.05, 4.69) is 32.3 Å². The average Bonchev–Trinajstić information content (AvgIpc) is 2.78. The number of aromatic nitrogens is 3. The van der Waals surface area contributed by atoms with Gasteiger partial charge in [0, 0.05) is 69.8 Å². The van der Waals surface area contributed by atoms with Gasteiger partial charge >= 0.3 is 0 Å². The number of amides is 1. The minimum absolute atomic E-state index is 0.104. The second-order valence-electron chi connectivity index (χ2n) is 8.12. The van der Waals surface area contributed by atoms with Crippen LogP contribution in [-0.2, 0) is 4.79 Å². The molecule has 5 rings (SSSR count). The third-order valence-electron chi connectivity index (χ3n) is 5.99. The third-order valence-corrected chi connectivity index (χ3v) is 5.99. The Morgan fingerprint density at radius 3 is 2.61 bits per heavy atom. The van der Waals surface area contributed by atoms with Crippen molar-refractivity contribution in [2.75, 3.05) is 36.4 Å². The zero-order valence-electron chi connectivity index (χ0n) is 17.6. The number of rotatable bonds is 5. The van der Waals surface area contributed by atoms with Crippen LogP contribution in [0.3, 0.4) is 0 Å². The molecular formula is C23H26N6O2. The molecule has 0 atom stereocenters. The highest BCUT2D eigenvalue weighted by atomic mass is 16.5. The molecule has 31 heavy (non-hydrogen) atoms. The zero-order chi connectivity index (χ0) is 21.2. The van der Waals surface area contributed by atoms with Crippen molar-refractivity contribution in [1.29, 1.82) is 0 Å². The fourth-order valence-electron chi connectivity index (χ4n) is 4.14. The predicted octanol–water partition coefficient (Wildman–Crippen LogP) is 2.72. The number of piperazine rings is 1. The van der Waals surface area contributed by atoms with E-state index in [4.69, 9.17) is 9.72 Å².